The minimum absolute atomic E-state index is 0.0848. The molecule has 4 rings (SSSR count). The third-order valence-electron chi connectivity index (χ3n) is 6.01. The van der Waals surface area contributed by atoms with E-state index in [4.69, 9.17) is 9.47 Å². The van der Waals surface area contributed by atoms with E-state index in [-0.39, 0.29) is 29.7 Å². The van der Waals surface area contributed by atoms with Crippen molar-refractivity contribution in [2.45, 2.75) is 50.9 Å². The third-order valence-corrected chi connectivity index (χ3v) is 6.01. The van der Waals surface area contributed by atoms with Gasteiger partial charge < -0.3 is 9.47 Å². The van der Waals surface area contributed by atoms with Crippen LogP contribution in [0.1, 0.15) is 33.6 Å². The van der Waals surface area contributed by atoms with Gasteiger partial charge in [-0.05, 0) is 38.8 Å². The Kier molecular flexibility index (Phi) is 1.81. The van der Waals surface area contributed by atoms with Gasteiger partial charge in [0.2, 0.25) is 0 Å². The number of rotatable bonds is 0. The Balaban J connectivity index is 1.87. The molecule has 0 aromatic heterocycles. The fourth-order valence-electron chi connectivity index (χ4n) is 4.69. The first kappa shape index (κ1) is 11.6. The highest BCUT2D eigenvalue weighted by Gasteiger charge is 2.84. The summed E-state index contributed by atoms with van der Waals surface area (Å²) in [6.45, 7) is 5.89. The zero-order valence-electron chi connectivity index (χ0n) is 11.4. The van der Waals surface area contributed by atoms with Gasteiger partial charge in [0.05, 0.1) is 11.3 Å². The second kappa shape index (κ2) is 2.95. The quantitative estimate of drug-likeness (QED) is 0.492. The van der Waals surface area contributed by atoms with Crippen molar-refractivity contribution in [3.05, 3.63) is 12.2 Å². The van der Waals surface area contributed by atoms with Crippen LogP contribution in [-0.4, -0.2) is 29.1 Å². The van der Waals surface area contributed by atoms with Gasteiger partial charge in [0.1, 0.15) is 11.7 Å². The Labute approximate surface area is 112 Å². The molecule has 4 aliphatic rings. The molecule has 3 fully saturated rings. The molecule has 0 aromatic rings. The highest BCUT2D eigenvalue weighted by Crippen LogP contribution is 2.70. The first-order chi connectivity index (χ1) is 8.86. The molecule has 1 spiro atoms. The topological polar surface area (TPSA) is 55.9 Å². The minimum atomic E-state index is -0.630. The highest BCUT2D eigenvalue weighted by molar-refractivity contribution is 5.99. The molecule has 2 aliphatic heterocycles. The Morgan fingerprint density at radius 1 is 1.32 bits per heavy atom. The van der Waals surface area contributed by atoms with Crippen molar-refractivity contribution in [3.63, 3.8) is 0 Å². The number of ether oxygens (including phenoxy) is 2. The predicted octanol–water partition coefficient (Wildman–Crippen LogP) is 1.63. The molecule has 4 heteroatoms. The molecule has 0 unspecified atom stereocenters. The summed E-state index contributed by atoms with van der Waals surface area (Å²) in [5.74, 6) is 0.0603. The maximum absolute atomic E-state index is 12.4. The van der Waals surface area contributed by atoms with E-state index in [9.17, 15) is 9.59 Å². The zero-order valence-corrected chi connectivity index (χ0v) is 11.4. The monoisotopic (exact) mass is 262 g/mol. The summed E-state index contributed by atoms with van der Waals surface area (Å²) in [4.78, 5) is 24.3. The number of fused-ring (bicyclic) bond motifs is 1. The van der Waals surface area contributed by atoms with Crippen LogP contribution in [0.2, 0.25) is 0 Å². The maximum Gasteiger partial charge on any atom is 0.309 e. The van der Waals surface area contributed by atoms with Crippen molar-refractivity contribution < 1.29 is 19.1 Å². The van der Waals surface area contributed by atoms with Crippen molar-refractivity contribution in [2.75, 3.05) is 0 Å². The van der Waals surface area contributed by atoms with Crippen LogP contribution in [0.4, 0.5) is 0 Å². The third kappa shape index (κ3) is 1.00. The van der Waals surface area contributed by atoms with Crippen LogP contribution in [-0.2, 0) is 19.1 Å². The van der Waals surface area contributed by atoms with E-state index < -0.39 is 16.6 Å². The van der Waals surface area contributed by atoms with Crippen LogP contribution in [0, 0.1) is 17.3 Å². The van der Waals surface area contributed by atoms with Gasteiger partial charge in [0.25, 0.3) is 0 Å². The molecule has 0 amide bonds. The molecule has 2 heterocycles. The van der Waals surface area contributed by atoms with Crippen LogP contribution in [0.3, 0.4) is 0 Å². The molecule has 4 nitrogen and oxygen atoms in total. The average Bonchev–Trinajstić information content (AvgIpc) is 2.90. The second-order valence-corrected chi connectivity index (χ2v) is 6.82. The van der Waals surface area contributed by atoms with Crippen molar-refractivity contribution in [3.8, 4) is 0 Å². The van der Waals surface area contributed by atoms with E-state index in [1.54, 1.807) is 6.08 Å². The van der Waals surface area contributed by atoms with Gasteiger partial charge in [0, 0.05) is 5.92 Å². The van der Waals surface area contributed by atoms with Gasteiger partial charge in [-0.15, -0.1) is 0 Å². The van der Waals surface area contributed by atoms with Gasteiger partial charge in [-0.2, -0.15) is 0 Å². The van der Waals surface area contributed by atoms with Crippen molar-refractivity contribution in [2.24, 2.45) is 17.3 Å². The van der Waals surface area contributed by atoms with Crippen LogP contribution in [0.25, 0.3) is 0 Å². The molecule has 102 valence electrons. The van der Waals surface area contributed by atoms with Crippen LogP contribution >= 0.6 is 0 Å². The van der Waals surface area contributed by atoms with Gasteiger partial charge >= 0.3 is 5.97 Å². The standard InChI is InChI=1S/C15H18O4/c1-8-9-4-6-13(2)10(16)5-7-14(3)15(13,19-14)11(9)18-12(8)17/h5,7-9,11H,4,6H2,1-3H3/t8-,9-,11-,13-,14+,15-/m0/s1. The zero-order chi connectivity index (χ0) is 13.6. The number of carbonyl (C=O) groups excluding carboxylic acids is 2. The van der Waals surface area contributed by atoms with Gasteiger partial charge in [-0.25, -0.2) is 0 Å². The first-order valence-corrected chi connectivity index (χ1v) is 7.00. The number of hydrogen-bond acceptors (Lipinski definition) is 4. The van der Waals surface area contributed by atoms with Crippen molar-refractivity contribution >= 4 is 11.8 Å². The van der Waals surface area contributed by atoms with E-state index in [2.05, 4.69) is 0 Å². The van der Waals surface area contributed by atoms with Gasteiger partial charge in [-0.1, -0.05) is 6.92 Å². The summed E-state index contributed by atoms with van der Waals surface area (Å²) < 4.78 is 11.7. The van der Waals surface area contributed by atoms with Crippen LogP contribution in [0.15, 0.2) is 12.2 Å². The van der Waals surface area contributed by atoms with E-state index in [1.807, 2.05) is 26.8 Å². The molecule has 0 aromatic carbocycles. The first-order valence-electron chi connectivity index (χ1n) is 7.00. The largest absolute Gasteiger partial charge is 0.459 e. The molecule has 0 N–H and O–H groups in total. The van der Waals surface area contributed by atoms with Gasteiger partial charge in [-0.3, -0.25) is 9.59 Å². The van der Waals surface area contributed by atoms with Crippen molar-refractivity contribution in [1.29, 1.82) is 0 Å². The number of carbonyl (C=O) groups is 2. The molecular formula is C15H18O4. The number of allylic oxidation sites excluding steroid dienone is 1. The number of esters is 1. The summed E-state index contributed by atoms with van der Waals surface area (Å²) >= 11 is 0. The van der Waals surface area contributed by atoms with Gasteiger partial charge in [0.15, 0.2) is 11.4 Å². The second-order valence-electron chi connectivity index (χ2n) is 6.82. The lowest BCUT2D eigenvalue weighted by Crippen LogP contribution is -2.59. The fraction of sp³-hybridized carbons (Fsp3) is 0.733. The lowest BCUT2D eigenvalue weighted by Gasteiger charge is -2.46. The number of epoxide rings is 1. The van der Waals surface area contributed by atoms with Crippen LogP contribution in [0.5, 0.6) is 0 Å². The Morgan fingerprint density at radius 2 is 2.05 bits per heavy atom. The lowest BCUT2D eigenvalue weighted by atomic mass is 9.54. The normalized spacial score (nSPS) is 58.2. The van der Waals surface area contributed by atoms with E-state index in [1.165, 1.54) is 0 Å². The molecule has 6 atom stereocenters. The summed E-state index contributed by atoms with van der Waals surface area (Å²) in [7, 11) is 0. The Morgan fingerprint density at radius 3 is 2.79 bits per heavy atom. The highest BCUT2D eigenvalue weighted by atomic mass is 16.7. The number of ketones is 1. The fourth-order valence-corrected chi connectivity index (χ4v) is 4.69. The smallest absolute Gasteiger partial charge is 0.309 e. The SMILES string of the molecule is C[C@@H]1C(=O)O[C@H]2[C@H]1CC[C@@]1(C)C(=O)C=C[C@@]3(C)O[C@]231. The summed E-state index contributed by atoms with van der Waals surface area (Å²) in [6, 6.07) is 0. The summed E-state index contributed by atoms with van der Waals surface area (Å²) in [5, 5.41) is 0. The molecule has 0 radical (unpaired) electrons. The molecule has 0 bridgehead atoms. The average molecular weight is 262 g/mol. The van der Waals surface area contributed by atoms with E-state index >= 15 is 0 Å². The molecule has 19 heavy (non-hydrogen) atoms. The maximum atomic E-state index is 12.4. The van der Waals surface area contributed by atoms with Crippen LogP contribution < -0.4 is 0 Å². The lowest BCUT2D eigenvalue weighted by molar-refractivity contribution is -0.154. The predicted molar refractivity (Wildman–Crippen MR) is 66.2 cm³/mol. The molecular weight excluding hydrogens is 244 g/mol. The summed E-state index contributed by atoms with van der Waals surface area (Å²) in [5.41, 5.74) is -1.64. The number of hydrogen-bond donors (Lipinski definition) is 0. The Bertz CT molecular complexity index is 538. The summed E-state index contributed by atoms with van der Waals surface area (Å²) in [6.07, 6.45) is 4.85. The van der Waals surface area contributed by atoms with Crippen molar-refractivity contribution in [1.82, 2.24) is 0 Å². The molecule has 1 saturated carbocycles. The minimum Gasteiger partial charge on any atom is -0.459 e. The Hall–Kier alpha value is -1.16. The molecule has 2 aliphatic carbocycles. The van der Waals surface area contributed by atoms with E-state index in [0.29, 0.717) is 0 Å². The molecule has 2 saturated heterocycles. The van der Waals surface area contributed by atoms with E-state index in [0.717, 1.165) is 12.8 Å².